The highest BCUT2D eigenvalue weighted by Crippen LogP contribution is 2.31. The van der Waals surface area contributed by atoms with E-state index in [1.54, 1.807) is 36.4 Å². The van der Waals surface area contributed by atoms with Crippen LogP contribution >= 0.6 is 0 Å². The molecule has 4 aromatic carbocycles. The van der Waals surface area contributed by atoms with Crippen LogP contribution in [0.3, 0.4) is 0 Å². The van der Waals surface area contributed by atoms with Crippen molar-refractivity contribution in [2.24, 2.45) is 0 Å². The van der Waals surface area contributed by atoms with Crippen molar-refractivity contribution in [3.05, 3.63) is 119 Å². The highest BCUT2D eigenvalue weighted by atomic mass is 19.1. The molecule has 31 heavy (non-hydrogen) atoms. The maximum absolute atomic E-state index is 13.2. The monoisotopic (exact) mass is 412 g/mol. The van der Waals surface area contributed by atoms with E-state index >= 15 is 0 Å². The number of carbonyl (C=O) groups is 2. The van der Waals surface area contributed by atoms with Gasteiger partial charge in [-0.1, -0.05) is 0 Å². The zero-order valence-corrected chi connectivity index (χ0v) is 16.1. The summed E-state index contributed by atoms with van der Waals surface area (Å²) in [5.41, 5.74) is 2.77. The van der Waals surface area contributed by atoms with Crippen molar-refractivity contribution in [2.75, 3.05) is 0 Å². The van der Waals surface area contributed by atoms with Crippen LogP contribution in [0, 0.1) is 11.6 Å². The minimum atomic E-state index is -0.411. The van der Waals surface area contributed by atoms with Gasteiger partial charge in [0, 0.05) is 33.0 Å². The molecule has 5 aromatic rings. The van der Waals surface area contributed by atoms with Crippen molar-refractivity contribution in [1.29, 1.82) is 0 Å². The van der Waals surface area contributed by atoms with Crippen LogP contribution in [-0.4, -0.2) is 11.6 Å². The van der Waals surface area contributed by atoms with Crippen LogP contribution in [0.25, 0.3) is 21.9 Å². The average Bonchev–Trinajstić information content (AvgIpc) is 3.16. The van der Waals surface area contributed by atoms with Crippen LogP contribution in [0.4, 0.5) is 8.78 Å². The van der Waals surface area contributed by atoms with Crippen LogP contribution < -0.4 is 0 Å². The number of fused-ring (bicyclic) bond motifs is 3. The first-order chi connectivity index (χ1) is 15.0. The number of carbonyl (C=O) groups excluding carboxylic acids is 2. The molecule has 1 heterocycles. The molecule has 0 unspecified atom stereocenters. The minimum absolute atomic E-state index is 0.241. The Hall–Kier alpha value is -4.12. The van der Waals surface area contributed by atoms with Crippen LogP contribution in [-0.2, 0) is 0 Å². The Morgan fingerprint density at radius 3 is 1.26 bits per heavy atom. The summed E-state index contributed by atoms with van der Waals surface area (Å²) >= 11 is 0. The summed E-state index contributed by atoms with van der Waals surface area (Å²) in [6.45, 7) is 0. The highest BCUT2D eigenvalue weighted by molar-refractivity contribution is 6.16. The van der Waals surface area contributed by atoms with E-state index in [4.69, 9.17) is 4.42 Å². The first-order valence-electron chi connectivity index (χ1n) is 9.56. The van der Waals surface area contributed by atoms with E-state index in [9.17, 15) is 18.4 Å². The average molecular weight is 412 g/mol. The maximum atomic E-state index is 13.2. The molecule has 0 bridgehead atoms. The summed E-state index contributed by atoms with van der Waals surface area (Å²) in [4.78, 5) is 25.6. The van der Waals surface area contributed by atoms with Gasteiger partial charge in [-0.2, -0.15) is 0 Å². The van der Waals surface area contributed by atoms with E-state index in [-0.39, 0.29) is 11.6 Å². The summed E-state index contributed by atoms with van der Waals surface area (Å²) in [7, 11) is 0. The molecule has 0 saturated carbocycles. The van der Waals surface area contributed by atoms with Crippen molar-refractivity contribution in [3.63, 3.8) is 0 Å². The first kappa shape index (κ1) is 18.9. The normalized spacial score (nSPS) is 11.2. The third-order valence-corrected chi connectivity index (χ3v) is 5.21. The Kier molecular flexibility index (Phi) is 4.44. The SMILES string of the molecule is O=C(c1ccc(F)cc1)c1ccc2oc3ccc(C(=O)c4ccc(F)cc4)cc3c2c1. The van der Waals surface area contributed by atoms with E-state index in [0.717, 1.165) is 0 Å². The predicted molar refractivity (Wildman–Crippen MR) is 113 cm³/mol. The summed E-state index contributed by atoms with van der Waals surface area (Å²) in [5, 5.41) is 1.38. The fraction of sp³-hybridized carbons (Fsp3) is 0. The summed E-state index contributed by atoms with van der Waals surface area (Å²) in [6, 6.07) is 20.9. The quantitative estimate of drug-likeness (QED) is 0.324. The number of hydrogen-bond donors (Lipinski definition) is 0. The lowest BCUT2D eigenvalue weighted by atomic mass is 9.99. The topological polar surface area (TPSA) is 47.3 Å². The second-order valence-corrected chi connectivity index (χ2v) is 7.20. The Morgan fingerprint density at radius 1 is 0.516 bits per heavy atom. The molecule has 0 aliphatic heterocycles. The van der Waals surface area contributed by atoms with Crippen molar-refractivity contribution < 1.29 is 22.8 Å². The molecule has 5 heteroatoms. The molecule has 1 aromatic heterocycles. The molecule has 0 fully saturated rings. The second-order valence-electron chi connectivity index (χ2n) is 7.20. The molecule has 0 aliphatic rings. The van der Waals surface area contributed by atoms with Crippen LogP contribution in [0.15, 0.2) is 89.3 Å². The van der Waals surface area contributed by atoms with Gasteiger partial charge in [0.25, 0.3) is 0 Å². The van der Waals surface area contributed by atoms with Gasteiger partial charge in [0.15, 0.2) is 11.6 Å². The van der Waals surface area contributed by atoms with E-state index in [1.165, 1.54) is 48.5 Å². The first-order valence-corrected chi connectivity index (χ1v) is 9.56. The summed E-state index contributed by atoms with van der Waals surface area (Å²) < 4.78 is 32.2. The molecule has 3 nitrogen and oxygen atoms in total. The standard InChI is InChI=1S/C26H14F2O3/c27-19-7-1-15(2-8-19)25(29)17-5-11-23-21(13-17)22-14-18(6-12-24(22)31-23)26(30)16-3-9-20(28)10-4-16/h1-14H. The third-order valence-electron chi connectivity index (χ3n) is 5.21. The van der Waals surface area contributed by atoms with Crippen LogP contribution in [0.5, 0.6) is 0 Å². The molecule has 5 rings (SSSR count). The van der Waals surface area contributed by atoms with Crippen molar-refractivity contribution in [3.8, 4) is 0 Å². The smallest absolute Gasteiger partial charge is 0.193 e. The summed E-state index contributed by atoms with van der Waals surface area (Å²) in [5.74, 6) is -1.30. The summed E-state index contributed by atoms with van der Waals surface area (Å²) in [6.07, 6.45) is 0. The zero-order chi connectivity index (χ0) is 21.5. The molecular weight excluding hydrogens is 398 g/mol. The molecule has 150 valence electrons. The lowest BCUT2D eigenvalue weighted by Crippen LogP contribution is -2.01. The van der Waals surface area contributed by atoms with Gasteiger partial charge in [0.1, 0.15) is 22.8 Å². The number of hydrogen-bond acceptors (Lipinski definition) is 3. The van der Waals surface area contributed by atoms with Gasteiger partial charge in [-0.3, -0.25) is 9.59 Å². The van der Waals surface area contributed by atoms with Gasteiger partial charge in [-0.15, -0.1) is 0 Å². The molecule has 0 N–H and O–H groups in total. The molecule has 0 atom stereocenters. The minimum Gasteiger partial charge on any atom is -0.456 e. The Labute approximate surface area is 175 Å². The molecule has 0 spiro atoms. The van der Waals surface area contributed by atoms with E-state index in [1.807, 2.05) is 0 Å². The number of ketones is 2. The fourth-order valence-electron chi connectivity index (χ4n) is 3.60. The van der Waals surface area contributed by atoms with Crippen LogP contribution in [0.2, 0.25) is 0 Å². The van der Waals surface area contributed by atoms with Crippen molar-refractivity contribution in [2.45, 2.75) is 0 Å². The zero-order valence-electron chi connectivity index (χ0n) is 16.1. The number of furan rings is 1. The van der Waals surface area contributed by atoms with Gasteiger partial charge < -0.3 is 4.42 Å². The molecule has 0 radical (unpaired) electrons. The van der Waals surface area contributed by atoms with E-state index in [2.05, 4.69) is 0 Å². The van der Waals surface area contributed by atoms with Crippen molar-refractivity contribution >= 4 is 33.5 Å². The predicted octanol–water partition coefficient (Wildman–Crippen LogP) is 6.33. The largest absolute Gasteiger partial charge is 0.456 e. The van der Waals surface area contributed by atoms with Gasteiger partial charge in [0.05, 0.1) is 0 Å². The molecular formula is C26H14F2O3. The highest BCUT2D eigenvalue weighted by Gasteiger charge is 2.16. The molecule has 0 amide bonds. The van der Waals surface area contributed by atoms with Gasteiger partial charge >= 0.3 is 0 Å². The third kappa shape index (κ3) is 3.40. The number of rotatable bonds is 4. The van der Waals surface area contributed by atoms with Gasteiger partial charge in [0.2, 0.25) is 0 Å². The lowest BCUT2D eigenvalue weighted by Gasteiger charge is -2.03. The second kappa shape index (κ2) is 7.29. The molecule has 0 saturated heterocycles. The lowest BCUT2D eigenvalue weighted by molar-refractivity contribution is 0.103. The fourth-order valence-corrected chi connectivity index (χ4v) is 3.60. The van der Waals surface area contributed by atoms with Gasteiger partial charge in [-0.25, -0.2) is 8.78 Å². The Balaban J connectivity index is 1.58. The van der Waals surface area contributed by atoms with E-state index < -0.39 is 11.6 Å². The maximum Gasteiger partial charge on any atom is 0.193 e. The van der Waals surface area contributed by atoms with Crippen molar-refractivity contribution in [1.82, 2.24) is 0 Å². The Morgan fingerprint density at radius 2 is 0.871 bits per heavy atom. The molecule has 0 aliphatic carbocycles. The number of benzene rings is 4. The van der Waals surface area contributed by atoms with E-state index in [0.29, 0.717) is 44.2 Å². The van der Waals surface area contributed by atoms with Crippen LogP contribution in [0.1, 0.15) is 31.8 Å². The number of halogens is 2. The van der Waals surface area contributed by atoms with Gasteiger partial charge in [-0.05, 0) is 84.9 Å². The Bertz CT molecular complexity index is 1350.